The van der Waals surface area contributed by atoms with Gasteiger partial charge in [0.25, 0.3) is 0 Å². The van der Waals surface area contributed by atoms with Crippen molar-refractivity contribution in [2.75, 3.05) is 18.4 Å². The van der Waals surface area contributed by atoms with Gasteiger partial charge in [-0.2, -0.15) is 4.98 Å². The van der Waals surface area contributed by atoms with Gasteiger partial charge in [-0.15, -0.1) is 0 Å². The van der Waals surface area contributed by atoms with Crippen LogP contribution in [0.2, 0.25) is 5.02 Å². The van der Waals surface area contributed by atoms with Crippen LogP contribution in [-0.4, -0.2) is 34.2 Å². The minimum atomic E-state index is -0.117. The Morgan fingerprint density at radius 3 is 2.64 bits per heavy atom. The van der Waals surface area contributed by atoms with E-state index in [0.717, 1.165) is 24.0 Å². The lowest BCUT2D eigenvalue weighted by Crippen LogP contribution is -2.40. The monoisotopic (exact) mass is 396 g/mol. The van der Waals surface area contributed by atoms with E-state index in [9.17, 15) is 4.79 Å². The summed E-state index contributed by atoms with van der Waals surface area (Å²) in [7, 11) is 0. The molecule has 1 aromatic heterocycles. The molecule has 2 amide bonds. The van der Waals surface area contributed by atoms with Crippen LogP contribution in [0.3, 0.4) is 0 Å². The van der Waals surface area contributed by atoms with Crippen molar-refractivity contribution in [3.63, 3.8) is 0 Å². The number of anilines is 1. The van der Waals surface area contributed by atoms with Crippen LogP contribution in [0.4, 0.5) is 10.5 Å². The van der Waals surface area contributed by atoms with E-state index in [4.69, 9.17) is 16.1 Å². The first-order valence-electron chi connectivity index (χ1n) is 9.31. The average molecular weight is 397 g/mol. The number of aromatic nitrogens is 2. The first-order chi connectivity index (χ1) is 13.6. The molecule has 0 radical (unpaired) electrons. The fourth-order valence-electron chi connectivity index (χ4n) is 3.31. The van der Waals surface area contributed by atoms with E-state index in [1.54, 1.807) is 11.0 Å². The second-order valence-corrected chi connectivity index (χ2v) is 7.38. The number of halogens is 1. The van der Waals surface area contributed by atoms with E-state index < -0.39 is 0 Å². The molecule has 2 aromatic carbocycles. The van der Waals surface area contributed by atoms with Crippen molar-refractivity contribution in [1.29, 1.82) is 0 Å². The van der Waals surface area contributed by atoms with Crippen LogP contribution in [-0.2, 0) is 0 Å². The molecule has 0 spiro atoms. The molecule has 1 saturated heterocycles. The number of urea groups is 1. The summed E-state index contributed by atoms with van der Waals surface area (Å²) < 4.78 is 5.48. The Labute approximate surface area is 168 Å². The van der Waals surface area contributed by atoms with E-state index in [2.05, 4.69) is 15.5 Å². The number of likely N-dealkylation sites (tertiary alicyclic amines) is 1. The standard InChI is InChI=1S/C21H21ClN4O2/c1-14-7-8-17(13-18(14)22)23-21(27)26-11-9-16(10-12-26)20-24-19(25-28-20)15-5-3-2-4-6-15/h2-8,13,16H,9-12H2,1H3,(H,23,27). The number of nitrogens with one attached hydrogen (secondary N) is 1. The molecule has 6 nitrogen and oxygen atoms in total. The summed E-state index contributed by atoms with van der Waals surface area (Å²) in [5, 5.41) is 7.65. The molecule has 0 aliphatic carbocycles. The molecule has 7 heteroatoms. The molecule has 0 unspecified atom stereocenters. The third kappa shape index (κ3) is 4.02. The molecule has 1 fully saturated rings. The highest BCUT2D eigenvalue weighted by Crippen LogP contribution is 2.29. The van der Waals surface area contributed by atoms with Crippen LogP contribution in [0.25, 0.3) is 11.4 Å². The second kappa shape index (κ2) is 8.02. The predicted octanol–water partition coefficient (Wildman–Crippen LogP) is 5.11. The molecular formula is C21H21ClN4O2. The minimum Gasteiger partial charge on any atom is -0.339 e. The van der Waals surface area contributed by atoms with Gasteiger partial charge >= 0.3 is 6.03 Å². The van der Waals surface area contributed by atoms with Gasteiger partial charge in [-0.1, -0.05) is 53.2 Å². The van der Waals surface area contributed by atoms with Gasteiger partial charge < -0.3 is 14.7 Å². The Morgan fingerprint density at radius 2 is 1.93 bits per heavy atom. The molecule has 2 heterocycles. The van der Waals surface area contributed by atoms with Gasteiger partial charge in [-0.25, -0.2) is 4.79 Å². The first kappa shape index (κ1) is 18.5. The Hall–Kier alpha value is -2.86. The molecule has 0 atom stereocenters. The predicted molar refractivity (Wildman–Crippen MR) is 108 cm³/mol. The van der Waals surface area contributed by atoms with Gasteiger partial charge in [0, 0.05) is 35.3 Å². The van der Waals surface area contributed by atoms with Crippen molar-refractivity contribution in [3.05, 3.63) is 65.0 Å². The number of hydrogen-bond acceptors (Lipinski definition) is 4. The van der Waals surface area contributed by atoms with E-state index in [-0.39, 0.29) is 11.9 Å². The van der Waals surface area contributed by atoms with E-state index in [0.29, 0.717) is 35.5 Å². The minimum absolute atomic E-state index is 0.117. The zero-order valence-corrected chi connectivity index (χ0v) is 16.3. The summed E-state index contributed by atoms with van der Waals surface area (Å²) in [5.41, 5.74) is 2.62. The summed E-state index contributed by atoms with van der Waals surface area (Å²) in [6, 6.07) is 15.2. The van der Waals surface area contributed by atoms with Gasteiger partial charge in [-0.3, -0.25) is 0 Å². The molecule has 0 saturated carbocycles. The first-order valence-corrected chi connectivity index (χ1v) is 9.69. The maximum absolute atomic E-state index is 12.5. The number of amides is 2. The second-order valence-electron chi connectivity index (χ2n) is 6.98. The van der Waals surface area contributed by atoms with Crippen LogP contribution >= 0.6 is 11.6 Å². The van der Waals surface area contributed by atoms with E-state index in [1.807, 2.05) is 49.4 Å². The summed E-state index contributed by atoms with van der Waals surface area (Å²) in [4.78, 5) is 18.9. The smallest absolute Gasteiger partial charge is 0.321 e. The molecule has 0 bridgehead atoms. The normalized spacial score (nSPS) is 14.9. The Kier molecular flexibility index (Phi) is 5.30. The molecule has 4 rings (SSSR count). The molecule has 1 aliphatic heterocycles. The van der Waals surface area contributed by atoms with Gasteiger partial charge in [0.05, 0.1) is 0 Å². The number of piperidine rings is 1. The molecule has 28 heavy (non-hydrogen) atoms. The van der Waals surface area contributed by atoms with Crippen molar-refractivity contribution in [3.8, 4) is 11.4 Å². The Bertz CT molecular complexity index is 966. The van der Waals surface area contributed by atoms with Crippen LogP contribution < -0.4 is 5.32 Å². The van der Waals surface area contributed by atoms with Gasteiger partial charge in [0.2, 0.25) is 11.7 Å². The van der Waals surface area contributed by atoms with E-state index >= 15 is 0 Å². The van der Waals surface area contributed by atoms with Crippen LogP contribution in [0.1, 0.15) is 30.2 Å². The number of rotatable bonds is 3. The van der Waals surface area contributed by atoms with Crippen molar-refractivity contribution in [1.82, 2.24) is 15.0 Å². The Morgan fingerprint density at radius 1 is 1.18 bits per heavy atom. The van der Waals surface area contributed by atoms with Crippen LogP contribution in [0.5, 0.6) is 0 Å². The summed E-state index contributed by atoms with van der Waals surface area (Å²) in [5.74, 6) is 1.42. The third-order valence-electron chi connectivity index (χ3n) is 5.03. The lowest BCUT2D eigenvalue weighted by molar-refractivity contribution is 0.187. The molecule has 3 aromatic rings. The number of hydrogen-bond donors (Lipinski definition) is 1. The van der Waals surface area contributed by atoms with Crippen LogP contribution in [0, 0.1) is 6.92 Å². The van der Waals surface area contributed by atoms with Crippen LogP contribution in [0.15, 0.2) is 53.1 Å². The molecule has 1 aliphatic rings. The lowest BCUT2D eigenvalue weighted by Gasteiger charge is -2.30. The van der Waals surface area contributed by atoms with Crippen molar-refractivity contribution in [2.45, 2.75) is 25.7 Å². The number of carbonyl (C=O) groups excluding carboxylic acids is 1. The third-order valence-corrected chi connectivity index (χ3v) is 5.44. The largest absolute Gasteiger partial charge is 0.339 e. The van der Waals surface area contributed by atoms with Gasteiger partial charge in [0.15, 0.2) is 0 Å². The topological polar surface area (TPSA) is 71.3 Å². The lowest BCUT2D eigenvalue weighted by atomic mass is 9.97. The fourth-order valence-corrected chi connectivity index (χ4v) is 3.49. The SMILES string of the molecule is Cc1ccc(NC(=O)N2CCC(c3nc(-c4ccccc4)no3)CC2)cc1Cl. The quantitative estimate of drug-likeness (QED) is 0.667. The highest BCUT2D eigenvalue weighted by Gasteiger charge is 2.27. The molecule has 144 valence electrons. The molecule has 1 N–H and O–H groups in total. The maximum Gasteiger partial charge on any atom is 0.321 e. The number of carbonyl (C=O) groups is 1. The Balaban J connectivity index is 1.35. The highest BCUT2D eigenvalue weighted by molar-refractivity contribution is 6.31. The van der Waals surface area contributed by atoms with Gasteiger partial charge in [0.1, 0.15) is 0 Å². The van der Waals surface area contributed by atoms with Crippen molar-refractivity contribution >= 4 is 23.3 Å². The maximum atomic E-state index is 12.5. The molecular weight excluding hydrogens is 376 g/mol. The number of nitrogens with zero attached hydrogens (tertiary/aromatic N) is 3. The number of benzene rings is 2. The zero-order valence-electron chi connectivity index (χ0n) is 15.6. The van der Waals surface area contributed by atoms with Crippen molar-refractivity contribution < 1.29 is 9.32 Å². The summed E-state index contributed by atoms with van der Waals surface area (Å²) >= 11 is 6.13. The highest BCUT2D eigenvalue weighted by atomic mass is 35.5. The fraction of sp³-hybridized carbons (Fsp3) is 0.286. The van der Waals surface area contributed by atoms with E-state index in [1.165, 1.54) is 0 Å². The summed E-state index contributed by atoms with van der Waals surface area (Å²) in [6.07, 6.45) is 1.58. The van der Waals surface area contributed by atoms with Crippen molar-refractivity contribution in [2.24, 2.45) is 0 Å². The zero-order chi connectivity index (χ0) is 19.5. The van der Waals surface area contributed by atoms with Gasteiger partial charge in [-0.05, 0) is 37.5 Å². The number of aryl methyl sites for hydroxylation is 1. The average Bonchev–Trinajstić information content (AvgIpc) is 3.22. The summed E-state index contributed by atoms with van der Waals surface area (Å²) in [6.45, 7) is 3.21.